The Morgan fingerprint density at radius 3 is 2.00 bits per heavy atom. The standard InChI is InChI=1S/C3H11NSi.ClH/c4-2-1-3-5;/h1-4H2,5H3;1H. The van der Waals surface area contributed by atoms with Gasteiger partial charge in [-0.2, -0.15) is 0 Å². The van der Waals surface area contributed by atoms with Crippen LogP contribution in [-0.4, -0.2) is 16.8 Å². The predicted octanol–water partition coefficient (Wildman–Crippen LogP) is -0.459. The lowest BCUT2D eigenvalue weighted by atomic mass is 10.5. The average molecular weight is 126 g/mol. The molecule has 6 heavy (non-hydrogen) atoms. The van der Waals surface area contributed by atoms with Gasteiger partial charge in [-0.15, -0.1) is 12.4 Å². The van der Waals surface area contributed by atoms with Crippen LogP contribution in [0.1, 0.15) is 6.42 Å². The Morgan fingerprint density at radius 1 is 1.50 bits per heavy atom. The minimum absolute atomic E-state index is 0. The summed E-state index contributed by atoms with van der Waals surface area (Å²) in [7, 11) is 1.32. The first kappa shape index (κ1) is 9.69. The largest absolute Gasteiger partial charge is 0.330 e. The van der Waals surface area contributed by atoms with Crippen LogP contribution in [0.4, 0.5) is 0 Å². The maximum absolute atomic E-state index is 5.16. The summed E-state index contributed by atoms with van der Waals surface area (Å²) in [5.74, 6) is 0. The average Bonchev–Trinajstić information content (AvgIpc) is 1.41. The van der Waals surface area contributed by atoms with E-state index in [-0.39, 0.29) is 12.4 Å². The topological polar surface area (TPSA) is 26.0 Å². The van der Waals surface area contributed by atoms with E-state index in [4.69, 9.17) is 5.73 Å². The molecule has 0 radical (unpaired) electrons. The summed E-state index contributed by atoms with van der Waals surface area (Å²) >= 11 is 0. The normalized spacial score (nSPS) is 7.50. The first-order valence-electron chi connectivity index (χ1n) is 2.12. The summed E-state index contributed by atoms with van der Waals surface area (Å²) in [5.41, 5.74) is 5.16. The van der Waals surface area contributed by atoms with Crippen LogP contribution in [0.5, 0.6) is 0 Å². The van der Waals surface area contributed by atoms with Gasteiger partial charge in [0.15, 0.2) is 0 Å². The third-order valence-electron chi connectivity index (χ3n) is 0.558. The van der Waals surface area contributed by atoms with E-state index in [1.54, 1.807) is 0 Å². The van der Waals surface area contributed by atoms with Crippen LogP contribution in [0.15, 0.2) is 0 Å². The minimum Gasteiger partial charge on any atom is -0.330 e. The first-order chi connectivity index (χ1) is 2.41. The van der Waals surface area contributed by atoms with Gasteiger partial charge in [0.2, 0.25) is 0 Å². The van der Waals surface area contributed by atoms with Crippen LogP contribution in [-0.2, 0) is 0 Å². The van der Waals surface area contributed by atoms with Gasteiger partial charge in [0.25, 0.3) is 0 Å². The molecule has 0 aromatic rings. The van der Waals surface area contributed by atoms with Gasteiger partial charge in [-0.3, -0.25) is 0 Å². The highest BCUT2D eigenvalue weighted by atomic mass is 35.5. The van der Waals surface area contributed by atoms with Gasteiger partial charge >= 0.3 is 0 Å². The Kier molecular flexibility index (Phi) is 14.7. The molecule has 2 N–H and O–H groups in total. The van der Waals surface area contributed by atoms with Gasteiger partial charge in [0.05, 0.1) is 0 Å². The molecule has 0 atom stereocenters. The van der Waals surface area contributed by atoms with Crippen molar-refractivity contribution in [2.45, 2.75) is 12.5 Å². The molecule has 40 valence electrons. The SMILES string of the molecule is Cl.NCCC[SiH3]. The zero-order chi connectivity index (χ0) is 4.12. The maximum Gasteiger partial charge on any atom is 0.00286 e. The van der Waals surface area contributed by atoms with Crippen molar-refractivity contribution in [1.82, 2.24) is 0 Å². The molecule has 0 amide bonds. The number of halogens is 1. The Hall–Kier alpha value is 0.467. The molecule has 0 aromatic heterocycles. The van der Waals surface area contributed by atoms with E-state index in [1.165, 1.54) is 22.7 Å². The van der Waals surface area contributed by atoms with Crippen LogP contribution in [0, 0.1) is 0 Å². The highest BCUT2D eigenvalue weighted by Gasteiger charge is 1.68. The van der Waals surface area contributed by atoms with Crippen molar-refractivity contribution in [1.29, 1.82) is 0 Å². The van der Waals surface area contributed by atoms with E-state index in [9.17, 15) is 0 Å². The molecule has 0 fully saturated rings. The van der Waals surface area contributed by atoms with Crippen molar-refractivity contribution in [3.8, 4) is 0 Å². The minimum atomic E-state index is 0. The second-order valence-corrected chi connectivity index (χ2v) is 2.14. The summed E-state index contributed by atoms with van der Waals surface area (Å²) in [4.78, 5) is 0. The maximum atomic E-state index is 5.16. The van der Waals surface area contributed by atoms with E-state index < -0.39 is 0 Å². The fourth-order valence-corrected chi connectivity index (χ4v) is 0.612. The fourth-order valence-electron chi connectivity index (χ4n) is 0.204. The molecule has 3 heteroatoms. The van der Waals surface area contributed by atoms with Crippen molar-refractivity contribution in [3.63, 3.8) is 0 Å². The first-order valence-corrected chi connectivity index (χ1v) is 3.53. The Bertz CT molecular complexity index is 18.3. The van der Waals surface area contributed by atoms with Gasteiger partial charge in [-0.1, -0.05) is 6.04 Å². The monoisotopic (exact) mass is 125 g/mol. The van der Waals surface area contributed by atoms with Crippen LogP contribution < -0.4 is 5.73 Å². The Balaban J connectivity index is 0. The lowest BCUT2D eigenvalue weighted by Gasteiger charge is -1.80. The Labute approximate surface area is 48.1 Å². The zero-order valence-electron chi connectivity index (χ0n) is 4.11. The lowest BCUT2D eigenvalue weighted by molar-refractivity contribution is 0.930. The van der Waals surface area contributed by atoms with Gasteiger partial charge in [0, 0.05) is 10.2 Å². The molecule has 1 nitrogen and oxygen atoms in total. The summed E-state index contributed by atoms with van der Waals surface area (Å²) in [5, 5.41) is 0. The summed E-state index contributed by atoms with van der Waals surface area (Å²) in [6, 6.07) is 1.36. The molecule has 0 saturated carbocycles. The molecule has 0 saturated heterocycles. The number of rotatable bonds is 2. The number of hydrogen-bond donors (Lipinski definition) is 1. The smallest absolute Gasteiger partial charge is 0.00286 e. The number of hydrogen-bond acceptors (Lipinski definition) is 1. The van der Waals surface area contributed by atoms with Crippen LogP contribution >= 0.6 is 12.4 Å². The van der Waals surface area contributed by atoms with Gasteiger partial charge in [0.1, 0.15) is 0 Å². The van der Waals surface area contributed by atoms with Gasteiger partial charge < -0.3 is 5.73 Å². The van der Waals surface area contributed by atoms with E-state index in [1.807, 2.05) is 0 Å². The third-order valence-corrected chi connectivity index (χ3v) is 1.26. The van der Waals surface area contributed by atoms with Crippen molar-refractivity contribution in [3.05, 3.63) is 0 Å². The molecule has 0 heterocycles. The molecule has 0 aliphatic carbocycles. The van der Waals surface area contributed by atoms with Crippen LogP contribution in [0.2, 0.25) is 6.04 Å². The molecule has 0 aliphatic heterocycles. The summed E-state index contributed by atoms with van der Waals surface area (Å²) in [6.07, 6.45) is 1.23. The molecular formula is C3H12ClNSi. The number of nitrogens with two attached hydrogens (primary N) is 1. The summed E-state index contributed by atoms with van der Waals surface area (Å²) < 4.78 is 0. The second-order valence-electron chi connectivity index (χ2n) is 1.14. The third kappa shape index (κ3) is 8.82. The van der Waals surface area contributed by atoms with E-state index in [0.717, 1.165) is 6.54 Å². The summed E-state index contributed by atoms with van der Waals surface area (Å²) in [6.45, 7) is 0.878. The lowest BCUT2D eigenvalue weighted by Crippen LogP contribution is -1.96. The molecular weight excluding hydrogens is 114 g/mol. The second kappa shape index (κ2) is 9.08. The quantitative estimate of drug-likeness (QED) is 0.497. The van der Waals surface area contributed by atoms with Gasteiger partial charge in [-0.05, 0) is 13.0 Å². The highest BCUT2D eigenvalue weighted by molar-refractivity contribution is 6.08. The van der Waals surface area contributed by atoms with E-state index in [0.29, 0.717) is 0 Å². The van der Waals surface area contributed by atoms with Crippen molar-refractivity contribution >= 4 is 22.6 Å². The van der Waals surface area contributed by atoms with Gasteiger partial charge in [-0.25, -0.2) is 0 Å². The van der Waals surface area contributed by atoms with Crippen molar-refractivity contribution < 1.29 is 0 Å². The fraction of sp³-hybridized carbons (Fsp3) is 1.00. The molecule has 0 rings (SSSR count). The molecule has 0 aromatic carbocycles. The van der Waals surface area contributed by atoms with E-state index >= 15 is 0 Å². The van der Waals surface area contributed by atoms with E-state index in [2.05, 4.69) is 0 Å². The Morgan fingerprint density at radius 2 is 2.00 bits per heavy atom. The van der Waals surface area contributed by atoms with Crippen LogP contribution in [0.3, 0.4) is 0 Å². The predicted molar refractivity (Wildman–Crippen MR) is 35.7 cm³/mol. The zero-order valence-corrected chi connectivity index (χ0v) is 6.92. The molecule has 0 aliphatic rings. The molecule has 0 spiro atoms. The van der Waals surface area contributed by atoms with Crippen molar-refractivity contribution in [2.75, 3.05) is 6.54 Å². The molecule has 0 unspecified atom stereocenters. The highest BCUT2D eigenvalue weighted by Crippen LogP contribution is 1.74. The molecule has 0 bridgehead atoms. The van der Waals surface area contributed by atoms with Crippen molar-refractivity contribution in [2.24, 2.45) is 5.73 Å². The van der Waals surface area contributed by atoms with Crippen LogP contribution in [0.25, 0.3) is 0 Å².